The molecule has 0 atom stereocenters. The highest BCUT2D eigenvalue weighted by atomic mass is 32.1. The van der Waals surface area contributed by atoms with Gasteiger partial charge in [0.05, 0.1) is 38.0 Å². The van der Waals surface area contributed by atoms with Gasteiger partial charge in [0.25, 0.3) is 0 Å². The Morgan fingerprint density at radius 3 is 1.51 bits per heavy atom. The third kappa shape index (κ3) is 4.25. The summed E-state index contributed by atoms with van der Waals surface area (Å²) in [6, 6.07) is 59.0. The number of hydrogen-bond donors (Lipinski definition) is 0. The number of para-hydroxylation sites is 4. The first-order valence-corrected chi connectivity index (χ1v) is 18.0. The number of aromatic nitrogens is 4. The van der Waals surface area contributed by atoms with Crippen LogP contribution in [0.2, 0.25) is 0 Å². The summed E-state index contributed by atoms with van der Waals surface area (Å²) >= 11 is 1.76. The lowest BCUT2D eigenvalue weighted by Crippen LogP contribution is -1.94. The zero-order chi connectivity index (χ0) is 33.5. The molecule has 4 heterocycles. The Bertz CT molecular complexity index is 3060. The summed E-state index contributed by atoms with van der Waals surface area (Å²) < 4.78 is 7.04. The normalized spacial score (nSPS) is 11.9. The molecule has 0 N–H and O–H groups in total. The van der Waals surface area contributed by atoms with Gasteiger partial charge in [-0.3, -0.25) is 0 Å². The number of thiophene rings is 1. The first kappa shape index (κ1) is 28.3. The maximum Gasteiger partial charge on any atom is 0.116 e. The molecule has 0 aliphatic heterocycles. The van der Waals surface area contributed by atoms with Crippen LogP contribution in [0.15, 0.2) is 170 Å². The highest BCUT2D eigenvalue weighted by Gasteiger charge is 2.17. The lowest BCUT2D eigenvalue weighted by atomic mass is 10.0. The molecular weight excluding hydrogens is 641 g/mol. The van der Waals surface area contributed by atoms with Crippen molar-refractivity contribution in [1.82, 2.24) is 19.1 Å². The van der Waals surface area contributed by atoms with Gasteiger partial charge in [-0.05, 0) is 71.8 Å². The van der Waals surface area contributed by atoms with Crippen LogP contribution >= 0.6 is 11.3 Å². The maximum atomic E-state index is 4.88. The van der Waals surface area contributed by atoms with E-state index in [0.717, 1.165) is 49.4 Å². The monoisotopic (exact) mass is 668 g/mol. The van der Waals surface area contributed by atoms with E-state index in [1.165, 1.54) is 48.3 Å². The van der Waals surface area contributed by atoms with Crippen LogP contribution in [0, 0.1) is 0 Å². The topological polar surface area (TPSA) is 35.6 Å². The molecule has 0 aliphatic rings. The van der Waals surface area contributed by atoms with Gasteiger partial charge in [0.2, 0.25) is 0 Å². The summed E-state index contributed by atoms with van der Waals surface area (Å²) in [5.74, 6) is 0. The van der Waals surface area contributed by atoms with E-state index in [1.54, 1.807) is 17.7 Å². The molecule has 238 valence electrons. The quantitative estimate of drug-likeness (QED) is 0.187. The average molecular weight is 669 g/mol. The molecule has 5 heteroatoms. The maximum absolute atomic E-state index is 4.88. The molecule has 11 rings (SSSR count). The van der Waals surface area contributed by atoms with E-state index < -0.39 is 0 Å². The van der Waals surface area contributed by atoms with Gasteiger partial charge >= 0.3 is 0 Å². The second kappa shape index (κ2) is 11.0. The van der Waals surface area contributed by atoms with Gasteiger partial charge in [-0.2, -0.15) is 0 Å². The van der Waals surface area contributed by atoms with Crippen LogP contribution in [0.1, 0.15) is 0 Å². The second-order valence-electron chi connectivity index (χ2n) is 13.1. The molecule has 7 aromatic carbocycles. The Balaban J connectivity index is 1.03. The van der Waals surface area contributed by atoms with E-state index in [4.69, 9.17) is 9.97 Å². The Labute approximate surface area is 297 Å². The molecule has 4 aromatic heterocycles. The molecule has 0 bridgehead atoms. The highest BCUT2D eigenvalue weighted by Crippen LogP contribution is 2.41. The van der Waals surface area contributed by atoms with E-state index >= 15 is 0 Å². The van der Waals surface area contributed by atoms with Gasteiger partial charge in [0.1, 0.15) is 6.33 Å². The molecule has 0 aliphatic carbocycles. The van der Waals surface area contributed by atoms with E-state index in [1.807, 2.05) is 0 Å². The van der Waals surface area contributed by atoms with E-state index in [2.05, 4.69) is 173 Å². The third-order valence-corrected chi connectivity index (χ3v) is 11.4. The summed E-state index contributed by atoms with van der Waals surface area (Å²) in [5, 5.41) is 6.19. The Hall–Kier alpha value is -6.56. The predicted octanol–water partition coefficient (Wildman–Crippen LogP) is 12.4. The highest BCUT2D eigenvalue weighted by molar-refractivity contribution is 7.26. The molecule has 0 spiro atoms. The van der Waals surface area contributed by atoms with Gasteiger partial charge in [0.15, 0.2) is 0 Å². The minimum Gasteiger partial charge on any atom is -0.309 e. The summed E-state index contributed by atoms with van der Waals surface area (Å²) in [6.07, 6.45) is 1.71. The first-order valence-electron chi connectivity index (χ1n) is 17.2. The largest absolute Gasteiger partial charge is 0.309 e. The molecule has 0 radical (unpaired) electrons. The molecule has 11 aromatic rings. The van der Waals surface area contributed by atoms with Crippen LogP contribution < -0.4 is 0 Å². The SMILES string of the molecule is c1cc(-c2cccc(-n3c4ccccc4c4ccccc43)c2)cc(-c2ncnc3c2sc2ccc(-n4c5ccccc5c5ccccc54)cc23)c1. The van der Waals surface area contributed by atoms with Crippen LogP contribution in [0.25, 0.3) is 97.7 Å². The van der Waals surface area contributed by atoms with Crippen LogP contribution in [0.5, 0.6) is 0 Å². The molecule has 0 saturated carbocycles. The lowest BCUT2D eigenvalue weighted by Gasteiger charge is -2.11. The third-order valence-electron chi connectivity index (χ3n) is 10.2. The summed E-state index contributed by atoms with van der Waals surface area (Å²) in [6.45, 7) is 0. The standard InChI is InChI=1S/C46H28N4S/c1-5-19-39-34(15-1)35-16-2-6-20-40(35)49(39)32-14-10-12-30(26-32)29-11-9-13-31(25-29)44-46-45(48-28-47-44)38-27-33(23-24-43(38)51-46)50-41-21-7-3-17-36(41)37-18-4-8-22-42(37)50/h1-28H. The fourth-order valence-electron chi connectivity index (χ4n) is 7.98. The molecular formula is C46H28N4S. The van der Waals surface area contributed by atoms with Crippen molar-refractivity contribution in [3.8, 4) is 33.8 Å². The lowest BCUT2D eigenvalue weighted by molar-refractivity contribution is 1.18. The van der Waals surface area contributed by atoms with Crippen LogP contribution in [-0.4, -0.2) is 19.1 Å². The van der Waals surface area contributed by atoms with Gasteiger partial charge < -0.3 is 9.13 Å². The van der Waals surface area contributed by atoms with Crippen LogP contribution in [-0.2, 0) is 0 Å². The zero-order valence-electron chi connectivity index (χ0n) is 27.4. The number of fused-ring (bicyclic) bond motifs is 9. The summed E-state index contributed by atoms with van der Waals surface area (Å²) in [4.78, 5) is 9.74. The number of hydrogen-bond acceptors (Lipinski definition) is 3. The fourth-order valence-corrected chi connectivity index (χ4v) is 9.13. The second-order valence-corrected chi connectivity index (χ2v) is 14.1. The molecule has 51 heavy (non-hydrogen) atoms. The van der Waals surface area contributed by atoms with Crippen molar-refractivity contribution in [3.63, 3.8) is 0 Å². The Morgan fingerprint density at radius 2 is 0.902 bits per heavy atom. The van der Waals surface area contributed by atoms with Crippen molar-refractivity contribution < 1.29 is 0 Å². The molecule has 0 saturated heterocycles. The van der Waals surface area contributed by atoms with Crippen molar-refractivity contribution in [2.24, 2.45) is 0 Å². The van der Waals surface area contributed by atoms with Crippen molar-refractivity contribution in [2.75, 3.05) is 0 Å². The molecule has 0 fully saturated rings. The average Bonchev–Trinajstić information content (AvgIpc) is 3.85. The number of rotatable bonds is 4. The smallest absolute Gasteiger partial charge is 0.116 e. The Morgan fingerprint density at radius 1 is 0.392 bits per heavy atom. The van der Waals surface area contributed by atoms with E-state index in [-0.39, 0.29) is 0 Å². The van der Waals surface area contributed by atoms with Gasteiger partial charge in [-0.25, -0.2) is 9.97 Å². The minimum absolute atomic E-state index is 0.958. The fraction of sp³-hybridized carbons (Fsp3) is 0. The molecule has 0 amide bonds. The van der Waals surface area contributed by atoms with E-state index in [0.29, 0.717) is 0 Å². The number of nitrogens with zero attached hydrogens (tertiary/aromatic N) is 4. The molecule has 4 nitrogen and oxygen atoms in total. The first-order chi connectivity index (χ1) is 25.3. The van der Waals surface area contributed by atoms with Gasteiger partial charge in [-0.15, -0.1) is 11.3 Å². The molecule has 0 unspecified atom stereocenters. The van der Waals surface area contributed by atoms with Crippen LogP contribution in [0.4, 0.5) is 0 Å². The van der Waals surface area contributed by atoms with Crippen molar-refractivity contribution >= 4 is 75.3 Å². The van der Waals surface area contributed by atoms with Crippen molar-refractivity contribution in [2.45, 2.75) is 0 Å². The Kier molecular flexibility index (Phi) is 6.09. The van der Waals surface area contributed by atoms with Crippen LogP contribution in [0.3, 0.4) is 0 Å². The minimum atomic E-state index is 0.958. The van der Waals surface area contributed by atoms with Crippen molar-refractivity contribution in [1.29, 1.82) is 0 Å². The number of benzene rings is 7. The summed E-state index contributed by atoms with van der Waals surface area (Å²) in [5.41, 5.74) is 12.4. The van der Waals surface area contributed by atoms with Crippen molar-refractivity contribution in [3.05, 3.63) is 170 Å². The van der Waals surface area contributed by atoms with E-state index in [9.17, 15) is 0 Å². The predicted molar refractivity (Wildman–Crippen MR) is 214 cm³/mol. The van der Waals surface area contributed by atoms with Gasteiger partial charge in [0, 0.05) is 48.6 Å². The summed E-state index contributed by atoms with van der Waals surface area (Å²) in [7, 11) is 0. The zero-order valence-corrected chi connectivity index (χ0v) is 28.2. The van der Waals surface area contributed by atoms with Gasteiger partial charge in [-0.1, -0.05) is 103 Å².